The molecule has 0 aliphatic carbocycles. The lowest BCUT2D eigenvalue weighted by molar-refractivity contribution is -0.133. The standard InChI is InChI=1S/C16H23N5O/c1-10-15(11(2)20(3)19-10)12-7-14(18-9-12)16(22)21-6-4-5-13(21)8-17/h12-14,18H,4-7,9H2,1-3H3/t12-,13-,14-/m0/s1. The number of nitriles is 1. The highest BCUT2D eigenvalue weighted by Gasteiger charge is 2.38. The van der Waals surface area contributed by atoms with Crippen molar-refractivity contribution in [1.82, 2.24) is 20.0 Å². The van der Waals surface area contributed by atoms with Gasteiger partial charge >= 0.3 is 0 Å². The highest BCUT2D eigenvalue weighted by molar-refractivity contribution is 5.83. The molecule has 1 aromatic heterocycles. The maximum absolute atomic E-state index is 12.7. The zero-order chi connectivity index (χ0) is 15.9. The number of nitrogens with zero attached hydrogens (tertiary/aromatic N) is 4. The predicted molar refractivity (Wildman–Crippen MR) is 82.2 cm³/mol. The maximum Gasteiger partial charge on any atom is 0.240 e. The molecule has 0 saturated carbocycles. The van der Waals surface area contributed by atoms with Crippen molar-refractivity contribution in [3.8, 4) is 6.07 Å². The first-order chi connectivity index (χ1) is 10.5. The van der Waals surface area contributed by atoms with Gasteiger partial charge in [-0.05, 0) is 33.1 Å². The predicted octanol–water partition coefficient (Wildman–Crippen LogP) is 0.997. The number of amides is 1. The molecule has 6 nitrogen and oxygen atoms in total. The minimum Gasteiger partial charge on any atom is -0.325 e. The molecular formula is C16H23N5O. The second kappa shape index (κ2) is 5.73. The SMILES string of the molecule is Cc1nn(C)c(C)c1[C@@H]1CN[C@H](C(=O)N2CCC[C@H]2C#N)C1. The van der Waals surface area contributed by atoms with Crippen LogP contribution < -0.4 is 5.32 Å². The van der Waals surface area contributed by atoms with Crippen LogP contribution in [0, 0.1) is 25.2 Å². The summed E-state index contributed by atoms with van der Waals surface area (Å²) >= 11 is 0. The number of hydrogen-bond donors (Lipinski definition) is 1. The third kappa shape index (κ3) is 2.40. The maximum atomic E-state index is 12.7. The van der Waals surface area contributed by atoms with E-state index in [1.807, 2.05) is 18.7 Å². The third-order valence-corrected chi connectivity index (χ3v) is 5.09. The average molecular weight is 301 g/mol. The third-order valence-electron chi connectivity index (χ3n) is 5.09. The number of likely N-dealkylation sites (tertiary alicyclic amines) is 1. The molecule has 0 bridgehead atoms. The molecule has 1 N–H and O–H groups in total. The molecule has 2 aliphatic heterocycles. The minimum absolute atomic E-state index is 0.0887. The van der Waals surface area contributed by atoms with E-state index in [0.717, 1.165) is 31.5 Å². The van der Waals surface area contributed by atoms with Gasteiger partial charge in [-0.25, -0.2) is 0 Å². The van der Waals surface area contributed by atoms with Gasteiger partial charge in [0.1, 0.15) is 6.04 Å². The molecule has 0 unspecified atom stereocenters. The van der Waals surface area contributed by atoms with Crippen LogP contribution in [0.2, 0.25) is 0 Å². The first kappa shape index (κ1) is 15.0. The fourth-order valence-corrected chi connectivity index (χ4v) is 3.89. The molecule has 2 aliphatic rings. The van der Waals surface area contributed by atoms with E-state index in [9.17, 15) is 4.79 Å². The summed E-state index contributed by atoms with van der Waals surface area (Å²) in [5.74, 6) is 0.413. The van der Waals surface area contributed by atoms with Crippen LogP contribution in [-0.2, 0) is 11.8 Å². The molecule has 0 spiro atoms. The fourth-order valence-electron chi connectivity index (χ4n) is 3.89. The van der Waals surface area contributed by atoms with Crippen molar-refractivity contribution in [2.24, 2.45) is 7.05 Å². The Balaban J connectivity index is 1.72. The molecule has 2 saturated heterocycles. The number of hydrogen-bond acceptors (Lipinski definition) is 4. The Bertz CT molecular complexity index is 629. The first-order valence-electron chi connectivity index (χ1n) is 7.96. The van der Waals surface area contributed by atoms with Crippen molar-refractivity contribution < 1.29 is 4.79 Å². The molecule has 3 rings (SSSR count). The zero-order valence-electron chi connectivity index (χ0n) is 13.5. The molecular weight excluding hydrogens is 278 g/mol. The average Bonchev–Trinajstić information content (AvgIpc) is 3.19. The summed E-state index contributed by atoms with van der Waals surface area (Å²) in [6.45, 7) is 5.63. The van der Waals surface area contributed by atoms with Gasteiger partial charge in [0, 0.05) is 37.3 Å². The van der Waals surface area contributed by atoms with Crippen molar-refractivity contribution in [1.29, 1.82) is 5.26 Å². The molecule has 1 amide bonds. The molecule has 118 valence electrons. The Kier molecular flexibility index (Phi) is 3.92. The molecule has 1 aromatic rings. The van der Waals surface area contributed by atoms with Crippen LogP contribution in [0.3, 0.4) is 0 Å². The number of nitrogens with one attached hydrogen (secondary N) is 1. The number of carbonyl (C=O) groups excluding carboxylic acids is 1. The first-order valence-corrected chi connectivity index (χ1v) is 7.96. The highest BCUT2D eigenvalue weighted by Crippen LogP contribution is 2.31. The van der Waals surface area contributed by atoms with Crippen LogP contribution in [0.1, 0.15) is 42.1 Å². The molecule has 3 atom stereocenters. The van der Waals surface area contributed by atoms with E-state index >= 15 is 0 Å². The van der Waals surface area contributed by atoms with Crippen molar-refractivity contribution in [3.05, 3.63) is 17.0 Å². The normalized spacial score (nSPS) is 28.1. The van der Waals surface area contributed by atoms with Crippen LogP contribution in [0.4, 0.5) is 0 Å². The minimum atomic E-state index is -0.241. The van der Waals surface area contributed by atoms with E-state index in [0.29, 0.717) is 12.5 Å². The molecule has 2 fully saturated rings. The quantitative estimate of drug-likeness (QED) is 0.884. The number of rotatable bonds is 2. The molecule has 0 radical (unpaired) electrons. The lowest BCUT2D eigenvalue weighted by Gasteiger charge is -2.23. The Morgan fingerprint density at radius 1 is 1.45 bits per heavy atom. The molecule has 6 heteroatoms. The van der Waals surface area contributed by atoms with Crippen molar-refractivity contribution in [2.45, 2.75) is 51.1 Å². The van der Waals surface area contributed by atoms with Gasteiger partial charge in [0.05, 0.1) is 17.8 Å². The van der Waals surface area contributed by atoms with Crippen LogP contribution >= 0.6 is 0 Å². The van der Waals surface area contributed by atoms with Gasteiger partial charge in [-0.15, -0.1) is 0 Å². The van der Waals surface area contributed by atoms with Crippen LogP contribution in [0.25, 0.3) is 0 Å². The summed E-state index contributed by atoms with van der Waals surface area (Å²) in [6.07, 6.45) is 2.53. The van der Waals surface area contributed by atoms with E-state index in [2.05, 4.69) is 23.4 Å². The summed E-state index contributed by atoms with van der Waals surface area (Å²) in [7, 11) is 1.96. The van der Waals surface area contributed by atoms with Crippen LogP contribution in [0.15, 0.2) is 0 Å². The smallest absolute Gasteiger partial charge is 0.240 e. The van der Waals surface area contributed by atoms with Gasteiger partial charge in [0.25, 0.3) is 0 Å². The summed E-state index contributed by atoms with van der Waals surface area (Å²) in [5, 5.41) is 17.0. The summed E-state index contributed by atoms with van der Waals surface area (Å²) in [6, 6.07) is 1.84. The van der Waals surface area contributed by atoms with Gasteiger partial charge in [0.2, 0.25) is 5.91 Å². The van der Waals surface area contributed by atoms with Gasteiger partial charge in [0.15, 0.2) is 0 Å². The summed E-state index contributed by atoms with van der Waals surface area (Å²) < 4.78 is 1.91. The van der Waals surface area contributed by atoms with Crippen molar-refractivity contribution in [2.75, 3.05) is 13.1 Å². The Labute approximate surface area is 131 Å². The highest BCUT2D eigenvalue weighted by atomic mass is 16.2. The number of carbonyl (C=O) groups is 1. The fraction of sp³-hybridized carbons (Fsp3) is 0.688. The Hall–Kier alpha value is -1.87. The van der Waals surface area contributed by atoms with E-state index in [1.54, 1.807) is 4.90 Å². The summed E-state index contributed by atoms with van der Waals surface area (Å²) in [4.78, 5) is 14.4. The van der Waals surface area contributed by atoms with E-state index in [1.165, 1.54) is 11.3 Å². The van der Waals surface area contributed by atoms with Gasteiger partial charge in [-0.2, -0.15) is 10.4 Å². The molecule has 3 heterocycles. The number of aromatic nitrogens is 2. The van der Waals surface area contributed by atoms with E-state index in [4.69, 9.17) is 5.26 Å². The van der Waals surface area contributed by atoms with Gasteiger partial charge in [-0.1, -0.05) is 0 Å². The Morgan fingerprint density at radius 2 is 2.23 bits per heavy atom. The van der Waals surface area contributed by atoms with Gasteiger partial charge < -0.3 is 10.2 Å². The monoisotopic (exact) mass is 301 g/mol. The molecule has 0 aromatic carbocycles. The second-order valence-corrected chi connectivity index (χ2v) is 6.42. The van der Waals surface area contributed by atoms with Gasteiger partial charge in [-0.3, -0.25) is 9.48 Å². The largest absolute Gasteiger partial charge is 0.325 e. The lowest BCUT2D eigenvalue weighted by atomic mass is 9.94. The van der Waals surface area contributed by atoms with Crippen LogP contribution in [-0.4, -0.2) is 45.8 Å². The van der Waals surface area contributed by atoms with Crippen molar-refractivity contribution in [3.63, 3.8) is 0 Å². The Morgan fingerprint density at radius 3 is 2.86 bits per heavy atom. The lowest BCUT2D eigenvalue weighted by Crippen LogP contribution is -2.45. The van der Waals surface area contributed by atoms with E-state index < -0.39 is 0 Å². The van der Waals surface area contributed by atoms with Crippen molar-refractivity contribution >= 4 is 5.91 Å². The zero-order valence-corrected chi connectivity index (χ0v) is 13.5. The molecule has 22 heavy (non-hydrogen) atoms. The number of aryl methyl sites for hydroxylation is 2. The second-order valence-electron chi connectivity index (χ2n) is 6.42. The topological polar surface area (TPSA) is 74.0 Å². The summed E-state index contributed by atoms with van der Waals surface area (Å²) in [5.41, 5.74) is 3.49. The van der Waals surface area contributed by atoms with Crippen LogP contribution in [0.5, 0.6) is 0 Å². The van der Waals surface area contributed by atoms with E-state index in [-0.39, 0.29) is 18.0 Å².